The highest BCUT2D eigenvalue weighted by Gasteiger charge is 2.35. The summed E-state index contributed by atoms with van der Waals surface area (Å²) in [5.74, 6) is 1.87. The average Bonchev–Trinajstić information content (AvgIpc) is 2.78. The Morgan fingerprint density at radius 1 is 1.06 bits per heavy atom. The fourth-order valence-corrected chi connectivity index (χ4v) is 3.82. The van der Waals surface area contributed by atoms with E-state index < -0.39 is 35.6 Å². The first-order chi connectivity index (χ1) is 16.8. The summed E-state index contributed by atoms with van der Waals surface area (Å²) in [6.45, 7) is 11.0. The molecule has 0 bridgehead atoms. The Labute approximate surface area is 214 Å². The Balaban J connectivity index is 2.45. The van der Waals surface area contributed by atoms with Crippen LogP contribution in [-0.2, 0) is 14.3 Å². The second-order valence-electron chi connectivity index (χ2n) is 10.2. The number of ether oxygens (including phenoxy) is 1. The molecule has 0 aliphatic heterocycles. The number of nitrogens with zero attached hydrogens (tertiary/aromatic N) is 1. The number of rotatable bonds is 8. The van der Waals surface area contributed by atoms with Crippen LogP contribution in [0.25, 0.3) is 0 Å². The number of likely N-dealkylation sites (N-methyl/N-ethyl adjacent to an activating group) is 1. The number of amides is 3. The fourth-order valence-electron chi connectivity index (χ4n) is 3.82. The topological polar surface area (TPSA) is 87.7 Å². The van der Waals surface area contributed by atoms with Crippen LogP contribution in [0.15, 0.2) is 48.5 Å². The van der Waals surface area contributed by atoms with E-state index in [1.54, 1.807) is 58.2 Å². The van der Waals surface area contributed by atoms with Gasteiger partial charge in [0.1, 0.15) is 17.7 Å². The van der Waals surface area contributed by atoms with Crippen LogP contribution in [0.5, 0.6) is 0 Å². The number of aryl methyl sites for hydroxylation is 1. The number of hydrogen-bond acceptors (Lipinski definition) is 4. The van der Waals surface area contributed by atoms with E-state index in [1.807, 2.05) is 39.0 Å². The first kappa shape index (κ1) is 28.4. The molecule has 0 aromatic heterocycles. The van der Waals surface area contributed by atoms with Crippen LogP contribution in [0.2, 0.25) is 0 Å². The van der Waals surface area contributed by atoms with E-state index in [2.05, 4.69) is 16.6 Å². The predicted molar refractivity (Wildman–Crippen MR) is 142 cm³/mol. The molecule has 192 valence electrons. The molecule has 3 amide bonds. The molecule has 2 atom stereocenters. The monoisotopic (exact) mass is 491 g/mol. The van der Waals surface area contributed by atoms with Gasteiger partial charge in [0.2, 0.25) is 5.91 Å². The second-order valence-corrected chi connectivity index (χ2v) is 10.2. The molecule has 0 spiro atoms. The van der Waals surface area contributed by atoms with E-state index >= 15 is 0 Å². The zero-order valence-corrected chi connectivity index (χ0v) is 22.2. The molecule has 0 saturated carbocycles. The van der Waals surface area contributed by atoms with Gasteiger partial charge >= 0.3 is 6.09 Å². The summed E-state index contributed by atoms with van der Waals surface area (Å²) in [5.41, 5.74) is 1.82. The van der Waals surface area contributed by atoms with Crippen molar-refractivity contribution in [1.29, 1.82) is 0 Å². The number of alkyl carbamates (subject to hydrolysis) is 1. The zero-order chi connectivity index (χ0) is 27.0. The lowest BCUT2D eigenvalue weighted by Gasteiger charge is -2.32. The number of terminal acetylenes is 1. The van der Waals surface area contributed by atoms with Gasteiger partial charge in [0.05, 0.1) is 0 Å². The number of hydrogen-bond donors (Lipinski definition) is 2. The van der Waals surface area contributed by atoms with Crippen molar-refractivity contribution >= 4 is 23.6 Å². The van der Waals surface area contributed by atoms with E-state index in [0.29, 0.717) is 23.2 Å². The van der Waals surface area contributed by atoms with Crippen LogP contribution in [0.3, 0.4) is 0 Å². The molecule has 2 unspecified atom stereocenters. The first-order valence-corrected chi connectivity index (χ1v) is 12.0. The average molecular weight is 492 g/mol. The Bertz CT molecular complexity index is 1130. The predicted octanol–water partition coefficient (Wildman–Crippen LogP) is 5.05. The molecule has 2 aromatic rings. The van der Waals surface area contributed by atoms with E-state index in [9.17, 15) is 14.4 Å². The lowest BCUT2D eigenvalue weighted by atomic mass is 9.96. The largest absolute Gasteiger partial charge is 0.444 e. The number of anilines is 1. The quantitative estimate of drug-likeness (QED) is 0.506. The highest BCUT2D eigenvalue weighted by atomic mass is 16.6. The Hall–Kier alpha value is -3.79. The number of nitrogens with one attached hydrogen (secondary N) is 2. The molecular weight excluding hydrogens is 454 g/mol. The van der Waals surface area contributed by atoms with Crippen LogP contribution in [0, 0.1) is 25.2 Å². The molecular formula is C29H37N3O4. The molecule has 0 radical (unpaired) electrons. The molecule has 0 aliphatic carbocycles. The summed E-state index contributed by atoms with van der Waals surface area (Å²) in [4.78, 5) is 41.3. The van der Waals surface area contributed by atoms with Gasteiger partial charge < -0.3 is 20.3 Å². The molecule has 7 nitrogen and oxygen atoms in total. The lowest BCUT2D eigenvalue weighted by Crippen LogP contribution is -2.51. The van der Waals surface area contributed by atoms with Gasteiger partial charge in [-0.15, -0.1) is 6.42 Å². The van der Waals surface area contributed by atoms with Crippen molar-refractivity contribution in [3.05, 3.63) is 65.2 Å². The summed E-state index contributed by atoms with van der Waals surface area (Å²) in [6, 6.07) is 12.5. The molecule has 36 heavy (non-hydrogen) atoms. The van der Waals surface area contributed by atoms with E-state index in [1.165, 1.54) is 4.90 Å². The third-order valence-corrected chi connectivity index (χ3v) is 5.49. The highest BCUT2D eigenvalue weighted by Crippen LogP contribution is 2.27. The maximum absolute atomic E-state index is 13.7. The molecule has 0 fully saturated rings. The van der Waals surface area contributed by atoms with Gasteiger partial charge in [0.15, 0.2) is 0 Å². The van der Waals surface area contributed by atoms with Crippen molar-refractivity contribution in [3.63, 3.8) is 0 Å². The highest BCUT2D eigenvalue weighted by molar-refractivity contribution is 5.99. The van der Waals surface area contributed by atoms with Gasteiger partial charge in [-0.25, -0.2) is 4.79 Å². The number of benzene rings is 2. The minimum Gasteiger partial charge on any atom is -0.444 e. The zero-order valence-electron chi connectivity index (χ0n) is 22.2. The first-order valence-electron chi connectivity index (χ1n) is 12.0. The standard InChI is InChI=1S/C29H37N3O4/c1-9-21-15-11-12-16-22(21)25(26(33)30-23-17-13-10-14-20(23)4)32(8)27(34)24(18-19(2)3)31-28(35)36-29(5,6)7/h1,10-17,19,24-25H,18H2,2-8H3,(H,30,33)(H,31,35). The molecule has 2 rings (SSSR count). The van der Waals surface area contributed by atoms with Gasteiger partial charge in [-0.2, -0.15) is 0 Å². The van der Waals surface area contributed by atoms with Crippen molar-refractivity contribution in [2.45, 2.75) is 65.6 Å². The van der Waals surface area contributed by atoms with Crippen LogP contribution >= 0.6 is 0 Å². The Morgan fingerprint density at radius 3 is 2.25 bits per heavy atom. The summed E-state index contributed by atoms with van der Waals surface area (Å²) in [7, 11) is 1.54. The molecule has 2 aromatic carbocycles. The van der Waals surface area contributed by atoms with E-state index in [4.69, 9.17) is 11.2 Å². The van der Waals surface area contributed by atoms with Crippen LogP contribution < -0.4 is 10.6 Å². The number of carbonyl (C=O) groups excluding carboxylic acids is 3. The van der Waals surface area contributed by atoms with Crippen molar-refractivity contribution in [1.82, 2.24) is 10.2 Å². The van der Waals surface area contributed by atoms with Gasteiger partial charge in [-0.1, -0.05) is 56.2 Å². The van der Waals surface area contributed by atoms with Crippen molar-refractivity contribution < 1.29 is 19.1 Å². The normalized spacial score (nSPS) is 12.8. The number of para-hydroxylation sites is 1. The molecule has 0 aliphatic rings. The minimum absolute atomic E-state index is 0.0968. The Kier molecular flexibility index (Phi) is 9.68. The smallest absolute Gasteiger partial charge is 0.408 e. The second kappa shape index (κ2) is 12.3. The summed E-state index contributed by atoms with van der Waals surface area (Å²) < 4.78 is 5.37. The molecule has 0 saturated heterocycles. The number of carbonyl (C=O) groups is 3. The minimum atomic E-state index is -1.03. The fraction of sp³-hybridized carbons (Fsp3) is 0.414. The van der Waals surface area contributed by atoms with Gasteiger partial charge in [-0.3, -0.25) is 9.59 Å². The van der Waals surface area contributed by atoms with Gasteiger partial charge in [0, 0.05) is 18.3 Å². The van der Waals surface area contributed by atoms with Crippen molar-refractivity contribution in [2.24, 2.45) is 5.92 Å². The van der Waals surface area contributed by atoms with E-state index in [-0.39, 0.29) is 5.92 Å². The Morgan fingerprint density at radius 2 is 1.67 bits per heavy atom. The third kappa shape index (κ3) is 7.88. The van der Waals surface area contributed by atoms with Crippen LogP contribution in [0.4, 0.5) is 10.5 Å². The van der Waals surface area contributed by atoms with Crippen LogP contribution in [-0.4, -0.2) is 41.5 Å². The third-order valence-electron chi connectivity index (χ3n) is 5.49. The lowest BCUT2D eigenvalue weighted by molar-refractivity contribution is -0.139. The molecule has 7 heteroatoms. The summed E-state index contributed by atoms with van der Waals surface area (Å²) in [6.07, 6.45) is 5.40. The van der Waals surface area contributed by atoms with Gasteiger partial charge in [0.25, 0.3) is 5.91 Å². The maximum Gasteiger partial charge on any atom is 0.408 e. The summed E-state index contributed by atoms with van der Waals surface area (Å²) >= 11 is 0. The van der Waals surface area contributed by atoms with Crippen molar-refractivity contribution in [3.8, 4) is 12.3 Å². The molecule has 0 heterocycles. The molecule has 2 N–H and O–H groups in total. The van der Waals surface area contributed by atoms with E-state index in [0.717, 1.165) is 5.56 Å². The summed E-state index contributed by atoms with van der Waals surface area (Å²) in [5, 5.41) is 5.63. The van der Waals surface area contributed by atoms with Crippen molar-refractivity contribution in [2.75, 3.05) is 12.4 Å². The van der Waals surface area contributed by atoms with Crippen LogP contribution in [0.1, 0.15) is 63.8 Å². The SMILES string of the molecule is C#Cc1ccccc1C(C(=O)Nc1ccccc1C)N(C)C(=O)C(CC(C)C)NC(=O)OC(C)(C)C. The maximum atomic E-state index is 13.7. The van der Waals surface area contributed by atoms with Gasteiger partial charge in [-0.05, 0) is 63.3 Å².